The molecule has 3 nitrogen and oxygen atoms in total. The van der Waals surface area contributed by atoms with E-state index in [9.17, 15) is 4.79 Å². The minimum Gasteiger partial charge on any atom is -1.00 e. The van der Waals surface area contributed by atoms with E-state index in [1.165, 1.54) is 81.2 Å². The molecule has 2 aromatic rings. The van der Waals surface area contributed by atoms with Crippen LogP contribution in [0.15, 0.2) is 48.6 Å². The zero-order valence-electron chi connectivity index (χ0n) is 21.7. The molecule has 2 aliphatic carbocycles. The first-order valence-electron chi connectivity index (χ1n) is 12.7. The fourth-order valence-electron chi connectivity index (χ4n) is 5.41. The molecule has 6 heteroatoms. The van der Waals surface area contributed by atoms with E-state index in [0.717, 1.165) is 28.4 Å². The number of rotatable bonds is 7. The molecule has 0 spiro atoms. The molecule has 0 bridgehead atoms. The van der Waals surface area contributed by atoms with Crippen LogP contribution >= 0.6 is 7.92 Å². The van der Waals surface area contributed by atoms with Gasteiger partial charge in [0.15, 0.2) is 0 Å². The van der Waals surface area contributed by atoms with Crippen molar-refractivity contribution < 1.29 is 47.1 Å². The fourth-order valence-corrected chi connectivity index (χ4v) is 9.27. The van der Waals surface area contributed by atoms with Gasteiger partial charge >= 0.3 is 0 Å². The van der Waals surface area contributed by atoms with Crippen LogP contribution in [0.2, 0.25) is 0 Å². The number of carbonyl (C=O) groups excluding carboxylic acids is 1. The summed E-state index contributed by atoms with van der Waals surface area (Å²) in [5.41, 5.74) is 4.08. The Morgan fingerprint density at radius 1 is 0.889 bits per heavy atom. The molecule has 0 atom stereocenters. The molecule has 0 radical (unpaired) electrons. The summed E-state index contributed by atoms with van der Waals surface area (Å²) in [7, 11) is 3.28. The average molecular weight is 620 g/mol. The molecule has 2 aromatic carbocycles. The molecule has 2 aliphatic rings. The first-order valence-corrected chi connectivity index (χ1v) is 14.2. The molecule has 36 heavy (non-hydrogen) atoms. The Balaban J connectivity index is 0.000000846. The number of ether oxygens (including phenoxy) is 2. The summed E-state index contributed by atoms with van der Waals surface area (Å²) in [6.07, 6.45) is 18.5. The smallest absolute Gasteiger partial charge is 0.118 e. The van der Waals surface area contributed by atoms with Gasteiger partial charge in [0.25, 0.3) is 0 Å². The standard InChI is InChI=1S/C26H34O2P.C4H5O.ClH.Pd/c1-27-23-17-11-18-24(28-2)26(23)22-16-9-10-19-25(22)29(20-12-5-3-6-13-20)21-14-7-4-8-15-21;1-2-3-4-5;;/h9-11,16-18,20-21H,3-8,12-15H2,1-2H3;2-3H,1H3;1H;/q2*-1;;/p-1/b;3-2+;;. The molecule has 0 aromatic heterocycles. The topological polar surface area (TPSA) is 35.5 Å². The summed E-state index contributed by atoms with van der Waals surface area (Å²) in [4.78, 5) is 9.19. The van der Waals surface area contributed by atoms with Crippen LogP contribution in [0.4, 0.5) is 0 Å². The molecule has 0 unspecified atom stereocenters. The van der Waals surface area contributed by atoms with Crippen LogP contribution in [0.5, 0.6) is 11.5 Å². The van der Waals surface area contributed by atoms with Crippen molar-refractivity contribution in [1.82, 2.24) is 0 Å². The van der Waals surface area contributed by atoms with E-state index in [0.29, 0.717) is 0 Å². The maximum Gasteiger partial charge on any atom is 0.118 e. The molecule has 2 saturated carbocycles. The number of hydrogen-bond acceptors (Lipinski definition) is 3. The summed E-state index contributed by atoms with van der Waals surface area (Å²) in [5, 5.41) is 1.46. The second-order valence-corrected chi connectivity index (χ2v) is 11.8. The van der Waals surface area contributed by atoms with Gasteiger partial charge in [0.05, 0.1) is 14.2 Å². The van der Waals surface area contributed by atoms with Gasteiger partial charge in [-0.1, -0.05) is 52.5 Å². The van der Waals surface area contributed by atoms with E-state index in [1.54, 1.807) is 33.5 Å². The van der Waals surface area contributed by atoms with Crippen molar-refractivity contribution in [2.75, 3.05) is 14.2 Å². The van der Waals surface area contributed by atoms with E-state index < -0.39 is 0 Å². The summed E-state index contributed by atoms with van der Waals surface area (Å²) in [6.45, 7) is 1.77. The van der Waals surface area contributed by atoms with Crippen molar-refractivity contribution in [2.45, 2.75) is 82.4 Å². The zero-order chi connectivity index (χ0) is 24.2. The van der Waals surface area contributed by atoms with Gasteiger partial charge in [-0.05, 0) is 55.4 Å². The van der Waals surface area contributed by atoms with E-state index in [-0.39, 0.29) is 40.8 Å². The van der Waals surface area contributed by atoms with E-state index >= 15 is 0 Å². The van der Waals surface area contributed by atoms with Crippen molar-refractivity contribution in [2.24, 2.45) is 0 Å². The van der Waals surface area contributed by atoms with Crippen LogP contribution in [0, 0.1) is 6.07 Å². The molecule has 4 rings (SSSR count). The SMILES string of the molecule is C/C=C/[C-]=O.COc1cccc(OC)c1-c1ccc[c-]c1P(C1CCCCC1)C1CCCCC1.[Cl-].[Pd]. The second-order valence-electron chi connectivity index (χ2n) is 9.08. The number of hydrogen-bond donors (Lipinski definition) is 0. The third-order valence-corrected chi connectivity index (χ3v) is 10.5. The predicted molar refractivity (Wildman–Crippen MR) is 145 cm³/mol. The molecule has 0 N–H and O–H groups in total. The van der Waals surface area contributed by atoms with Crippen molar-refractivity contribution in [3.05, 3.63) is 54.6 Å². The molecular weight excluding hydrogens is 581 g/mol. The van der Waals surface area contributed by atoms with E-state index in [2.05, 4.69) is 36.4 Å². The van der Waals surface area contributed by atoms with Gasteiger partial charge in [0, 0.05) is 26.0 Å². The maximum absolute atomic E-state index is 9.19. The number of benzene rings is 2. The van der Waals surface area contributed by atoms with Crippen LogP contribution in [0.3, 0.4) is 0 Å². The maximum atomic E-state index is 9.19. The number of allylic oxidation sites excluding steroid dienone is 2. The fraction of sp³-hybridized carbons (Fsp3) is 0.500. The van der Waals surface area contributed by atoms with Gasteiger partial charge in [0.1, 0.15) is 11.5 Å². The van der Waals surface area contributed by atoms with Crippen LogP contribution in [-0.2, 0) is 25.2 Å². The summed E-state index contributed by atoms with van der Waals surface area (Å²) >= 11 is 0. The zero-order valence-corrected chi connectivity index (χ0v) is 24.9. The molecule has 0 amide bonds. The Morgan fingerprint density at radius 3 is 1.83 bits per heavy atom. The molecule has 0 aliphatic heterocycles. The Labute approximate surface area is 239 Å². The minimum atomic E-state index is -0.238. The van der Waals surface area contributed by atoms with Gasteiger partial charge in [-0.2, -0.15) is 30.3 Å². The second kappa shape index (κ2) is 18.1. The van der Waals surface area contributed by atoms with Crippen molar-refractivity contribution in [3.8, 4) is 22.6 Å². The minimum absolute atomic E-state index is 0. The van der Waals surface area contributed by atoms with Crippen LogP contribution < -0.4 is 27.2 Å². The van der Waals surface area contributed by atoms with E-state index in [4.69, 9.17) is 9.47 Å². The normalized spacial score (nSPS) is 16.3. The van der Waals surface area contributed by atoms with Gasteiger partial charge in [-0.25, -0.2) is 6.08 Å². The molecule has 2 fully saturated rings. The quantitative estimate of drug-likeness (QED) is 0.196. The van der Waals surface area contributed by atoms with Crippen LogP contribution in [-0.4, -0.2) is 31.8 Å². The van der Waals surface area contributed by atoms with Crippen LogP contribution in [0.1, 0.15) is 71.1 Å². The summed E-state index contributed by atoms with van der Waals surface area (Å²) in [6, 6.07) is 16.4. The molecule has 0 heterocycles. The first kappa shape index (κ1) is 32.9. The molecule has 202 valence electrons. The average Bonchev–Trinajstić information content (AvgIpc) is 2.91. The van der Waals surface area contributed by atoms with Crippen molar-refractivity contribution in [3.63, 3.8) is 0 Å². The van der Waals surface area contributed by atoms with Gasteiger partial charge in [-0.3, -0.25) is 0 Å². The first-order chi connectivity index (χ1) is 16.7. The van der Waals surface area contributed by atoms with Crippen LogP contribution in [0.25, 0.3) is 11.1 Å². The van der Waals surface area contributed by atoms with Gasteiger partial charge in [0.2, 0.25) is 0 Å². The Kier molecular flexibility index (Phi) is 16.6. The Hall–Kier alpha value is -1.17. The third-order valence-electron chi connectivity index (χ3n) is 6.96. The molecular formula is C30H39ClO3PPd-3. The third kappa shape index (κ3) is 8.70. The number of methoxy groups -OCH3 is 2. The summed E-state index contributed by atoms with van der Waals surface area (Å²) < 4.78 is 11.6. The van der Waals surface area contributed by atoms with Crippen molar-refractivity contribution >= 4 is 19.5 Å². The molecule has 0 saturated heterocycles. The van der Waals surface area contributed by atoms with Gasteiger partial charge in [-0.15, -0.1) is 17.8 Å². The van der Waals surface area contributed by atoms with Crippen molar-refractivity contribution in [1.29, 1.82) is 0 Å². The summed E-state index contributed by atoms with van der Waals surface area (Å²) in [5.74, 6) is 1.79. The largest absolute Gasteiger partial charge is 1.00 e. The number of halogens is 1. The Bertz CT molecular complexity index is 884. The van der Waals surface area contributed by atoms with Gasteiger partial charge < -0.3 is 26.7 Å². The monoisotopic (exact) mass is 619 g/mol. The Morgan fingerprint density at radius 2 is 1.42 bits per heavy atom. The van der Waals surface area contributed by atoms with E-state index in [1.807, 2.05) is 6.07 Å². The predicted octanol–water partition coefficient (Wildman–Crippen LogP) is 4.62.